The van der Waals surface area contributed by atoms with Gasteiger partial charge in [-0.1, -0.05) is 35.3 Å². The molecule has 0 aliphatic rings. The number of rotatable bonds is 6. The van der Waals surface area contributed by atoms with E-state index >= 15 is 0 Å². The molecule has 0 amide bonds. The fourth-order valence-corrected chi connectivity index (χ4v) is 4.23. The Labute approximate surface area is 156 Å². The molecule has 2 rings (SSSR count). The Kier molecular flexibility index (Phi) is 5.98. The van der Waals surface area contributed by atoms with Crippen LogP contribution in [0.5, 0.6) is 0 Å². The SMILES string of the molecule is Cc1ccc(C)c(N(CCC(=O)O)S(=O)(=O)c2ccc(Cl)c(Cl)c2)c1. The number of anilines is 1. The van der Waals surface area contributed by atoms with Gasteiger partial charge in [-0.15, -0.1) is 0 Å². The summed E-state index contributed by atoms with van der Waals surface area (Å²) in [4.78, 5) is 10.9. The lowest BCUT2D eigenvalue weighted by atomic mass is 10.1. The molecular weight excluding hydrogens is 385 g/mol. The maximum atomic E-state index is 13.1. The van der Waals surface area contributed by atoms with Gasteiger partial charge in [-0.2, -0.15) is 0 Å². The number of hydrogen-bond acceptors (Lipinski definition) is 3. The van der Waals surface area contributed by atoms with E-state index in [2.05, 4.69) is 0 Å². The summed E-state index contributed by atoms with van der Waals surface area (Å²) in [5, 5.41) is 9.34. The molecular formula is C17H17Cl2NO4S. The molecule has 0 aliphatic heterocycles. The summed E-state index contributed by atoms with van der Waals surface area (Å²) >= 11 is 11.8. The van der Waals surface area contributed by atoms with E-state index in [1.807, 2.05) is 13.0 Å². The normalized spacial score (nSPS) is 11.4. The van der Waals surface area contributed by atoms with Crippen LogP contribution in [0.3, 0.4) is 0 Å². The first-order valence-electron chi connectivity index (χ1n) is 7.40. The van der Waals surface area contributed by atoms with Gasteiger partial charge in [-0.25, -0.2) is 8.42 Å². The highest BCUT2D eigenvalue weighted by atomic mass is 35.5. The van der Waals surface area contributed by atoms with E-state index in [0.29, 0.717) is 5.69 Å². The Hall–Kier alpha value is -1.76. The Morgan fingerprint density at radius 1 is 1.08 bits per heavy atom. The number of hydrogen-bond donors (Lipinski definition) is 1. The molecule has 1 N–H and O–H groups in total. The molecule has 5 nitrogen and oxygen atoms in total. The molecule has 0 aliphatic carbocycles. The molecule has 2 aromatic rings. The van der Waals surface area contributed by atoms with Crippen molar-refractivity contribution in [3.63, 3.8) is 0 Å². The average molecular weight is 402 g/mol. The third-order valence-corrected chi connectivity index (χ3v) is 6.19. The zero-order chi connectivity index (χ0) is 18.8. The molecule has 0 radical (unpaired) electrons. The molecule has 0 saturated heterocycles. The highest BCUT2D eigenvalue weighted by molar-refractivity contribution is 7.92. The molecule has 25 heavy (non-hydrogen) atoms. The maximum absolute atomic E-state index is 13.1. The van der Waals surface area contributed by atoms with Gasteiger partial charge in [0.05, 0.1) is 27.0 Å². The summed E-state index contributed by atoms with van der Waals surface area (Å²) in [6, 6.07) is 9.38. The molecule has 0 fully saturated rings. The quantitative estimate of drug-likeness (QED) is 0.783. The third kappa shape index (κ3) is 4.45. The lowest BCUT2D eigenvalue weighted by molar-refractivity contribution is -0.136. The van der Waals surface area contributed by atoms with Crippen molar-refractivity contribution in [2.45, 2.75) is 25.2 Å². The van der Waals surface area contributed by atoms with Crippen molar-refractivity contribution in [3.05, 3.63) is 57.6 Å². The fourth-order valence-electron chi connectivity index (χ4n) is 2.32. The van der Waals surface area contributed by atoms with Gasteiger partial charge < -0.3 is 5.11 Å². The van der Waals surface area contributed by atoms with E-state index in [-0.39, 0.29) is 27.9 Å². The van der Waals surface area contributed by atoms with Crippen LogP contribution < -0.4 is 4.31 Å². The lowest BCUT2D eigenvalue weighted by Crippen LogP contribution is -2.33. The Bertz CT molecular complexity index is 913. The number of aliphatic carboxylic acids is 1. The van der Waals surface area contributed by atoms with Crippen molar-refractivity contribution in [2.24, 2.45) is 0 Å². The number of benzene rings is 2. The first-order valence-corrected chi connectivity index (χ1v) is 9.59. The lowest BCUT2D eigenvalue weighted by Gasteiger charge is -2.26. The Morgan fingerprint density at radius 2 is 1.76 bits per heavy atom. The van der Waals surface area contributed by atoms with E-state index in [0.717, 1.165) is 15.4 Å². The summed E-state index contributed by atoms with van der Waals surface area (Å²) < 4.78 is 27.3. The van der Waals surface area contributed by atoms with E-state index in [1.54, 1.807) is 19.1 Å². The van der Waals surface area contributed by atoms with Gasteiger partial charge in [-0.3, -0.25) is 9.10 Å². The van der Waals surface area contributed by atoms with Crippen LogP contribution in [0.1, 0.15) is 17.5 Å². The van der Waals surface area contributed by atoms with Crippen LogP contribution >= 0.6 is 23.2 Å². The second-order valence-electron chi connectivity index (χ2n) is 5.59. The van der Waals surface area contributed by atoms with Crippen molar-refractivity contribution >= 4 is 44.9 Å². The molecule has 2 aromatic carbocycles. The van der Waals surface area contributed by atoms with Crippen LogP contribution in [0, 0.1) is 13.8 Å². The van der Waals surface area contributed by atoms with E-state index in [9.17, 15) is 13.2 Å². The molecule has 0 heterocycles. The van der Waals surface area contributed by atoms with Crippen molar-refractivity contribution in [3.8, 4) is 0 Å². The van der Waals surface area contributed by atoms with Gasteiger partial charge in [-0.05, 0) is 49.2 Å². The van der Waals surface area contributed by atoms with Crippen LogP contribution in [0.15, 0.2) is 41.3 Å². The molecule has 8 heteroatoms. The topological polar surface area (TPSA) is 74.7 Å². The minimum Gasteiger partial charge on any atom is -0.481 e. The first kappa shape index (κ1) is 19.6. The molecule has 0 aromatic heterocycles. The van der Waals surface area contributed by atoms with Crippen LogP contribution in [-0.2, 0) is 14.8 Å². The second-order valence-corrected chi connectivity index (χ2v) is 8.26. The number of aryl methyl sites for hydroxylation is 2. The van der Waals surface area contributed by atoms with Crippen molar-refractivity contribution in [1.29, 1.82) is 0 Å². The average Bonchev–Trinajstić information content (AvgIpc) is 2.52. The zero-order valence-corrected chi connectivity index (χ0v) is 16.0. The van der Waals surface area contributed by atoms with Gasteiger partial charge >= 0.3 is 5.97 Å². The summed E-state index contributed by atoms with van der Waals surface area (Å²) in [5.74, 6) is -1.08. The second kappa shape index (κ2) is 7.64. The monoisotopic (exact) mass is 401 g/mol. The van der Waals surface area contributed by atoms with E-state index < -0.39 is 16.0 Å². The third-order valence-electron chi connectivity index (χ3n) is 3.64. The predicted octanol–water partition coefficient (Wildman–Crippen LogP) is 4.28. The van der Waals surface area contributed by atoms with Gasteiger partial charge in [0, 0.05) is 6.54 Å². The number of halogens is 2. The fraction of sp³-hybridized carbons (Fsp3) is 0.235. The van der Waals surface area contributed by atoms with Gasteiger partial charge in [0.25, 0.3) is 10.0 Å². The van der Waals surface area contributed by atoms with Gasteiger partial charge in [0.1, 0.15) is 0 Å². The largest absolute Gasteiger partial charge is 0.481 e. The summed E-state index contributed by atoms with van der Waals surface area (Å²) in [6.45, 7) is 3.42. The number of carboxylic acid groups (broad SMARTS) is 1. The highest BCUT2D eigenvalue weighted by Crippen LogP contribution is 2.31. The van der Waals surface area contributed by atoms with Crippen LogP contribution in [-0.4, -0.2) is 26.0 Å². The highest BCUT2D eigenvalue weighted by Gasteiger charge is 2.27. The standard InChI is InChI=1S/C17H17Cl2NO4S/c1-11-3-4-12(2)16(9-11)20(8-7-17(21)22)25(23,24)13-5-6-14(18)15(19)10-13/h3-6,9-10H,7-8H2,1-2H3,(H,21,22). The van der Waals surface area contributed by atoms with Crippen molar-refractivity contribution in [2.75, 3.05) is 10.8 Å². The van der Waals surface area contributed by atoms with Gasteiger partial charge in [0.2, 0.25) is 0 Å². The first-order chi connectivity index (χ1) is 11.6. The van der Waals surface area contributed by atoms with E-state index in [4.69, 9.17) is 28.3 Å². The van der Waals surface area contributed by atoms with Crippen molar-refractivity contribution < 1.29 is 18.3 Å². The minimum atomic E-state index is -4.00. The Morgan fingerprint density at radius 3 is 2.36 bits per heavy atom. The smallest absolute Gasteiger partial charge is 0.305 e. The van der Waals surface area contributed by atoms with Crippen molar-refractivity contribution in [1.82, 2.24) is 0 Å². The molecule has 0 saturated carbocycles. The van der Waals surface area contributed by atoms with Crippen LogP contribution in [0.2, 0.25) is 10.0 Å². The zero-order valence-electron chi connectivity index (χ0n) is 13.7. The summed E-state index contributed by atoms with van der Waals surface area (Å²) in [5.41, 5.74) is 2.03. The molecule has 0 bridgehead atoms. The molecule has 134 valence electrons. The minimum absolute atomic E-state index is 0.0480. The maximum Gasteiger partial charge on any atom is 0.305 e. The van der Waals surface area contributed by atoms with Gasteiger partial charge in [0.15, 0.2) is 0 Å². The van der Waals surface area contributed by atoms with E-state index in [1.165, 1.54) is 18.2 Å². The number of nitrogens with zero attached hydrogens (tertiary/aromatic N) is 1. The van der Waals surface area contributed by atoms with Crippen LogP contribution in [0.4, 0.5) is 5.69 Å². The number of carboxylic acids is 1. The Balaban J connectivity index is 2.58. The number of carbonyl (C=O) groups is 1. The summed E-state index contributed by atoms with van der Waals surface area (Å²) in [6.07, 6.45) is -0.325. The molecule has 0 spiro atoms. The number of sulfonamides is 1. The molecule has 0 unspecified atom stereocenters. The molecule has 0 atom stereocenters. The summed E-state index contributed by atoms with van der Waals surface area (Å²) in [7, 11) is -4.00. The predicted molar refractivity (Wildman–Crippen MR) is 99.2 cm³/mol. The van der Waals surface area contributed by atoms with Crippen LogP contribution in [0.25, 0.3) is 0 Å².